The molecule has 1 amide bonds. The zero-order chi connectivity index (χ0) is 21.7. The number of rotatable bonds is 6. The highest BCUT2D eigenvalue weighted by atomic mass is 16.7. The van der Waals surface area contributed by atoms with Gasteiger partial charge in [-0.25, -0.2) is 0 Å². The minimum atomic E-state index is -0.132. The Hall–Kier alpha value is -3.22. The van der Waals surface area contributed by atoms with Crippen molar-refractivity contribution in [1.29, 1.82) is 0 Å². The summed E-state index contributed by atoms with van der Waals surface area (Å²) >= 11 is 0. The molecule has 0 unspecified atom stereocenters. The Morgan fingerprint density at radius 1 is 1.07 bits per heavy atom. The van der Waals surface area contributed by atoms with E-state index in [4.69, 9.17) is 9.47 Å². The van der Waals surface area contributed by atoms with Gasteiger partial charge in [0.1, 0.15) is 0 Å². The number of nitrogens with one attached hydrogen (secondary N) is 2. The van der Waals surface area contributed by atoms with Crippen molar-refractivity contribution in [1.82, 2.24) is 15.5 Å². The fraction of sp³-hybridized carbons (Fsp3) is 0.391. The molecule has 1 aliphatic rings. The van der Waals surface area contributed by atoms with Crippen LogP contribution in [-0.4, -0.2) is 51.2 Å². The highest BCUT2D eigenvalue weighted by Crippen LogP contribution is 2.36. The first-order chi connectivity index (χ1) is 14.3. The van der Waals surface area contributed by atoms with Crippen LogP contribution in [-0.2, 0) is 12.0 Å². The van der Waals surface area contributed by atoms with E-state index in [1.54, 1.807) is 26.0 Å². The van der Waals surface area contributed by atoms with E-state index < -0.39 is 0 Å². The zero-order valence-corrected chi connectivity index (χ0v) is 18.3. The fourth-order valence-electron chi connectivity index (χ4n) is 3.15. The number of carbonyl (C=O) groups is 1. The first-order valence-corrected chi connectivity index (χ1v) is 9.95. The van der Waals surface area contributed by atoms with Crippen molar-refractivity contribution in [3.63, 3.8) is 0 Å². The van der Waals surface area contributed by atoms with E-state index in [1.807, 2.05) is 36.4 Å². The lowest BCUT2D eigenvalue weighted by molar-refractivity contribution is 0.0827. The highest BCUT2D eigenvalue weighted by molar-refractivity contribution is 5.93. The summed E-state index contributed by atoms with van der Waals surface area (Å²) in [7, 11) is 5.25. The Balaban J connectivity index is 1.55. The normalized spacial score (nSPS) is 13.2. The maximum atomic E-state index is 12.0. The second-order valence-corrected chi connectivity index (χ2v) is 8.13. The predicted octanol–water partition coefficient (Wildman–Crippen LogP) is 2.76. The molecule has 0 aromatic heterocycles. The summed E-state index contributed by atoms with van der Waals surface area (Å²) in [5.74, 6) is 2.30. The van der Waals surface area contributed by atoms with Gasteiger partial charge in [-0.1, -0.05) is 32.0 Å². The molecule has 7 heteroatoms. The molecule has 3 rings (SSSR count). The van der Waals surface area contributed by atoms with Gasteiger partial charge in [-0.15, -0.1) is 0 Å². The third-order valence-electron chi connectivity index (χ3n) is 5.14. The van der Waals surface area contributed by atoms with Gasteiger partial charge in [0.2, 0.25) is 6.79 Å². The molecule has 0 atom stereocenters. The van der Waals surface area contributed by atoms with E-state index in [9.17, 15) is 4.79 Å². The number of amides is 1. The van der Waals surface area contributed by atoms with Gasteiger partial charge in [0.15, 0.2) is 17.5 Å². The number of guanidine groups is 1. The van der Waals surface area contributed by atoms with Crippen LogP contribution in [0.15, 0.2) is 47.5 Å². The van der Waals surface area contributed by atoms with Crippen molar-refractivity contribution in [2.45, 2.75) is 25.8 Å². The van der Waals surface area contributed by atoms with Crippen LogP contribution in [0.4, 0.5) is 0 Å². The van der Waals surface area contributed by atoms with Crippen molar-refractivity contribution in [2.75, 3.05) is 34.5 Å². The smallest absolute Gasteiger partial charge is 0.253 e. The molecule has 0 aliphatic carbocycles. The number of benzene rings is 2. The standard InChI is InChI=1S/C23H30N4O3/c1-23(2,18-10-11-19-20(12-18)30-15-29-19)14-26-22(24-3)25-13-16-6-8-17(9-7-16)21(28)27(4)5/h6-12H,13-15H2,1-5H3,(H2,24,25,26). The van der Waals surface area contributed by atoms with E-state index in [0.29, 0.717) is 18.7 Å². The second-order valence-electron chi connectivity index (χ2n) is 8.13. The maximum absolute atomic E-state index is 12.0. The molecule has 0 fully saturated rings. The first-order valence-electron chi connectivity index (χ1n) is 9.95. The number of hydrogen-bond acceptors (Lipinski definition) is 4. The van der Waals surface area contributed by atoms with E-state index in [2.05, 4.69) is 35.5 Å². The second kappa shape index (κ2) is 9.07. The molecule has 2 N–H and O–H groups in total. The van der Waals surface area contributed by atoms with Crippen LogP contribution in [0.3, 0.4) is 0 Å². The van der Waals surface area contributed by atoms with Crippen LogP contribution in [0.5, 0.6) is 11.5 Å². The SMILES string of the molecule is CN=C(NCc1ccc(C(=O)N(C)C)cc1)NCC(C)(C)c1ccc2c(c1)OCO2. The van der Waals surface area contributed by atoms with Gasteiger partial charge in [-0.2, -0.15) is 0 Å². The molecule has 0 saturated heterocycles. The van der Waals surface area contributed by atoms with Crippen LogP contribution in [0.2, 0.25) is 0 Å². The number of nitrogens with zero attached hydrogens (tertiary/aromatic N) is 2. The molecule has 0 bridgehead atoms. The summed E-state index contributed by atoms with van der Waals surface area (Å²) in [5.41, 5.74) is 2.78. The van der Waals surface area contributed by atoms with E-state index in [1.165, 1.54) is 0 Å². The fourth-order valence-corrected chi connectivity index (χ4v) is 3.15. The van der Waals surface area contributed by atoms with Gasteiger partial charge in [0.25, 0.3) is 5.91 Å². The minimum Gasteiger partial charge on any atom is -0.454 e. The summed E-state index contributed by atoms with van der Waals surface area (Å²) in [6.45, 7) is 5.93. The van der Waals surface area contributed by atoms with E-state index >= 15 is 0 Å². The molecular formula is C23H30N4O3. The molecule has 1 aliphatic heterocycles. The van der Waals surface area contributed by atoms with Gasteiger partial charge in [0.05, 0.1) is 0 Å². The quantitative estimate of drug-likeness (QED) is 0.566. The molecule has 2 aromatic carbocycles. The van der Waals surface area contributed by atoms with Crippen molar-refractivity contribution in [3.8, 4) is 11.5 Å². The maximum Gasteiger partial charge on any atom is 0.253 e. The molecule has 0 saturated carbocycles. The average molecular weight is 411 g/mol. The molecular weight excluding hydrogens is 380 g/mol. The van der Waals surface area contributed by atoms with Crippen LogP contribution in [0.1, 0.15) is 35.3 Å². The third kappa shape index (κ3) is 5.03. The summed E-state index contributed by atoms with van der Waals surface area (Å²) in [6.07, 6.45) is 0. The molecule has 160 valence electrons. The van der Waals surface area contributed by atoms with Gasteiger partial charge in [0, 0.05) is 45.2 Å². The monoisotopic (exact) mass is 410 g/mol. The Labute approximate surface area is 178 Å². The van der Waals surface area contributed by atoms with Crippen molar-refractivity contribution in [3.05, 3.63) is 59.2 Å². The average Bonchev–Trinajstić information content (AvgIpc) is 3.21. The number of aliphatic imine (C=N–C) groups is 1. The Morgan fingerprint density at radius 2 is 1.77 bits per heavy atom. The lowest BCUT2D eigenvalue weighted by Gasteiger charge is -2.27. The number of carbonyl (C=O) groups excluding carboxylic acids is 1. The topological polar surface area (TPSA) is 75.2 Å². The molecule has 1 heterocycles. The molecule has 0 radical (unpaired) electrons. The van der Waals surface area contributed by atoms with Crippen LogP contribution in [0.25, 0.3) is 0 Å². The first kappa shape index (κ1) is 21.5. The van der Waals surface area contributed by atoms with Crippen molar-refractivity contribution >= 4 is 11.9 Å². The van der Waals surface area contributed by atoms with Gasteiger partial charge < -0.3 is 25.0 Å². The van der Waals surface area contributed by atoms with E-state index in [0.717, 1.165) is 28.6 Å². The number of ether oxygens (including phenoxy) is 2. The molecule has 0 spiro atoms. The summed E-state index contributed by atoms with van der Waals surface area (Å²) in [5, 5.41) is 6.72. The summed E-state index contributed by atoms with van der Waals surface area (Å²) in [6, 6.07) is 13.7. The number of hydrogen-bond donors (Lipinski definition) is 2. The highest BCUT2D eigenvalue weighted by Gasteiger charge is 2.24. The van der Waals surface area contributed by atoms with Crippen LogP contribution < -0.4 is 20.1 Å². The zero-order valence-electron chi connectivity index (χ0n) is 18.3. The van der Waals surface area contributed by atoms with Gasteiger partial charge in [-0.3, -0.25) is 9.79 Å². The van der Waals surface area contributed by atoms with E-state index in [-0.39, 0.29) is 18.1 Å². The Bertz CT molecular complexity index is 921. The Kier molecular flexibility index (Phi) is 6.50. The largest absolute Gasteiger partial charge is 0.454 e. The molecule has 7 nitrogen and oxygen atoms in total. The lowest BCUT2D eigenvalue weighted by atomic mass is 9.84. The predicted molar refractivity (Wildman–Crippen MR) is 118 cm³/mol. The molecule has 30 heavy (non-hydrogen) atoms. The van der Waals surface area contributed by atoms with Gasteiger partial charge in [-0.05, 0) is 35.4 Å². The van der Waals surface area contributed by atoms with Crippen LogP contribution >= 0.6 is 0 Å². The summed E-state index contributed by atoms with van der Waals surface area (Å²) in [4.78, 5) is 17.9. The van der Waals surface area contributed by atoms with Gasteiger partial charge >= 0.3 is 0 Å². The third-order valence-corrected chi connectivity index (χ3v) is 5.14. The lowest BCUT2D eigenvalue weighted by Crippen LogP contribution is -2.43. The van der Waals surface area contributed by atoms with Crippen LogP contribution in [0, 0.1) is 0 Å². The van der Waals surface area contributed by atoms with Crippen molar-refractivity contribution in [2.24, 2.45) is 4.99 Å². The molecule has 2 aromatic rings. The summed E-state index contributed by atoms with van der Waals surface area (Å²) < 4.78 is 10.9. The minimum absolute atomic E-state index is 0.00210. The van der Waals surface area contributed by atoms with Crippen molar-refractivity contribution < 1.29 is 14.3 Å². The Morgan fingerprint density at radius 3 is 2.43 bits per heavy atom. The number of fused-ring (bicyclic) bond motifs is 1.